The van der Waals surface area contributed by atoms with Crippen LogP contribution in [0.3, 0.4) is 0 Å². The fourth-order valence-electron chi connectivity index (χ4n) is 2.24. The van der Waals surface area contributed by atoms with Crippen LogP contribution in [0.1, 0.15) is 30.2 Å². The van der Waals surface area contributed by atoms with Gasteiger partial charge in [0.2, 0.25) is 0 Å². The minimum Gasteiger partial charge on any atom is -0.378 e. The van der Waals surface area contributed by atoms with E-state index in [-0.39, 0.29) is 0 Å². The molecule has 2 rings (SSSR count). The zero-order valence-corrected chi connectivity index (χ0v) is 13.3. The van der Waals surface area contributed by atoms with E-state index in [0.29, 0.717) is 0 Å². The number of anilines is 1. The molecule has 0 amide bonds. The Bertz CT molecular complexity index is 537. The lowest BCUT2D eigenvalue weighted by molar-refractivity contribution is 0.578. The Kier molecular flexibility index (Phi) is 4.64. The number of hydrogen-bond acceptors (Lipinski definition) is 2. The van der Waals surface area contributed by atoms with Crippen molar-refractivity contribution >= 4 is 21.6 Å². The van der Waals surface area contributed by atoms with Crippen LogP contribution >= 0.6 is 15.9 Å². The van der Waals surface area contributed by atoms with Crippen LogP contribution in [0.2, 0.25) is 0 Å². The maximum Gasteiger partial charge on any atom is 0.0575 e. The van der Waals surface area contributed by atoms with Crippen LogP contribution in [0.25, 0.3) is 0 Å². The second-order valence-electron chi connectivity index (χ2n) is 4.84. The molecule has 0 bridgehead atoms. The summed E-state index contributed by atoms with van der Waals surface area (Å²) in [5, 5.41) is 7.84. The number of halogens is 1. The van der Waals surface area contributed by atoms with Crippen molar-refractivity contribution in [3.63, 3.8) is 0 Å². The number of rotatable bonds is 5. The number of aryl methyl sites for hydroxylation is 3. The van der Waals surface area contributed by atoms with Crippen molar-refractivity contribution in [3.8, 4) is 0 Å². The molecule has 102 valence electrons. The first-order valence-electron chi connectivity index (χ1n) is 6.63. The van der Waals surface area contributed by atoms with Crippen molar-refractivity contribution < 1.29 is 0 Å². The fraction of sp³-hybridized carbons (Fsp3) is 0.400. The fourth-order valence-corrected chi connectivity index (χ4v) is 3.06. The minimum atomic E-state index is 0.794. The first-order chi connectivity index (χ1) is 9.11. The molecule has 0 aliphatic heterocycles. The predicted molar refractivity (Wildman–Crippen MR) is 83.5 cm³/mol. The van der Waals surface area contributed by atoms with Gasteiger partial charge in [-0.05, 0) is 59.5 Å². The Labute approximate surface area is 123 Å². The Morgan fingerprint density at radius 1 is 1.32 bits per heavy atom. The van der Waals surface area contributed by atoms with E-state index in [2.05, 4.69) is 70.0 Å². The Morgan fingerprint density at radius 3 is 2.79 bits per heavy atom. The van der Waals surface area contributed by atoms with Gasteiger partial charge in [-0.3, -0.25) is 4.68 Å². The topological polar surface area (TPSA) is 29.9 Å². The zero-order valence-electron chi connectivity index (χ0n) is 11.7. The van der Waals surface area contributed by atoms with Crippen LogP contribution in [-0.4, -0.2) is 9.78 Å². The summed E-state index contributed by atoms with van der Waals surface area (Å²) in [4.78, 5) is 0. The molecule has 0 fully saturated rings. The van der Waals surface area contributed by atoms with Crippen molar-refractivity contribution in [2.24, 2.45) is 0 Å². The predicted octanol–water partition coefficient (Wildman–Crippen LogP) is 4.28. The summed E-state index contributed by atoms with van der Waals surface area (Å²) < 4.78 is 3.18. The third-order valence-corrected chi connectivity index (χ3v) is 3.74. The van der Waals surface area contributed by atoms with Crippen LogP contribution in [0.15, 0.2) is 28.9 Å². The van der Waals surface area contributed by atoms with Gasteiger partial charge in [0.25, 0.3) is 0 Å². The molecule has 0 unspecified atom stereocenters. The van der Waals surface area contributed by atoms with Crippen molar-refractivity contribution in [2.75, 3.05) is 5.32 Å². The van der Waals surface area contributed by atoms with Gasteiger partial charge < -0.3 is 5.32 Å². The molecule has 0 atom stereocenters. The summed E-state index contributed by atoms with van der Waals surface area (Å²) in [5.74, 6) is 0. The Balaban J connectivity index is 2.12. The summed E-state index contributed by atoms with van der Waals surface area (Å²) in [7, 11) is 0. The van der Waals surface area contributed by atoms with E-state index in [1.54, 1.807) is 0 Å². The van der Waals surface area contributed by atoms with Crippen molar-refractivity contribution in [2.45, 2.75) is 40.3 Å². The monoisotopic (exact) mass is 321 g/mol. The molecule has 2 aromatic rings. The van der Waals surface area contributed by atoms with Crippen LogP contribution in [-0.2, 0) is 13.1 Å². The van der Waals surface area contributed by atoms with E-state index in [9.17, 15) is 0 Å². The van der Waals surface area contributed by atoms with Crippen molar-refractivity contribution in [1.82, 2.24) is 9.78 Å². The maximum atomic E-state index is 4.34. The SMILES string of the molecule is CCCn1nccc1CNc1c(C)cc(C)cc1Br. The van der Waals surface area contributed by atoms with Crippen molar-refractivity contribution in [3.05, 3.63) is 45.7 Å². The van der Waals surface area contributed by atoms with Crippen LogP contribution in [0.5, 0.6) is 0 Å². The molecule has 0 saturated heterocycles. The quantitative estimate of drug-likeness (QED) is 0.890. The van der Waals surface area contributed by atoms with Gasteiger partial charge in [-0.25, -0.2) is 0 Å². The van der Waals surface area contributed by atoms with Gasteiger partial charge in [-0.1, -0.05) is 13.0 Å². The summed E-state index contributed by atoms with van der Waals surface area (Å²) in [6, 6.07) is 6.40. The Hall–Kier alpha value is -1.29. The molecule has 1 N–H and O–H groups in total. The first-order valence-corrected chi connectivity index (χ1v) is 7.42. The number of aromatic nitrogens is 2. The highest BCUT2D eigenvalue weighted by Gasteiger charge is 2.06. The highest BCUT2D eigenvalue weighted by atomic mass is 79.9. The van der Waals surface area contributed by atoms with Gasteiger partial charge in [0.05, 0.1) is 17.9 Å². The molecule has 0 aliphatic carbocycles. The zero-order chi connectivity index (χ0) is 13.8. The number of nitrogens with one attached hydrogen (secondary N) is 1. The molecule has 19 heavy (non-hydrogen) atoms. The van der Waals surface area contributed by atoms with E-state index in [0.717, 1.165) is 29.7 Å². The molecule has 0 saturated carbocycles. The molecule has 3 nitrogen and oxygen atoms in total. The molecular formula is C15H20BrN3. The van der Waals surface area contributed by atoms with Crippen LogP contribution in [0.4, 0.5) is 5.69 Å². The molecule has 1 aromatic heterocycles. The molecule has 0 radical (unpaired) electrons. The normalized spacial score (nSPS) is 10.7. The maximum absolute atomic E-state index is 4.34. The lowest BCUT2D eigenvalue weighted by atomic mass is 10.1. The van der Waals surface area contributed by atoms with Gasteiger partial charge in [-0.2, -0.15) is 5.10 Å². The number of hydrogen-bond donors (Lipinski definition) is 1. The van der Waals surface area contributed by atoms with Gasteiger partial charge in [-0.15, -0.1) is 0 Å². The summed E-state index contributed by atoms with van der Waals surface area (Å²) in [6.07, 6.45) is 2.96. The van der Waals surface area contributed by atoms with E-state index >= 15 is 0 Å². The van der Waals surface area contributed by atoms with Gasteiger partial charge in [0.15, 0.2) is 0 Å². The molecule has 1 aromatic carbocycles. The summed E-state index contributed by atoms with van der Waals surface area (Å²) in [6.45, 7) is 8.17. The minimum absolute atomic E-state index is 0.794. The first kappa shape index (κ1) is 14.1. The average Bonchev–Trinajstić information content (AvgIpc) is 2.76. The molecule has 0 spiro atoms. The van der Waals surface area contributed by atoms with Gasteiger partial charge in [0, 0.05) is 17.2 Å². The van der Waals surface area contributed by atoms with E-state index in [1.807, 2.05) is 6.20 Å². The Morgan fingerprint density at radius 2 is 2.11 bits per heavy atom. The average molecular weight is 322 g/mol. The lowest BCUT2D eigenvalue weighted by Crippen LogP contribution is -2.09. The molecule has 4 heteroatoms. The number of benzene rings is 1. The van der Waals surface area contributed by atoms with Crippen LogP contribution < -0.4 is 5.32 Å². The third-order valence-electron chi connectivity index (χ3n) is 3.12. The smallest absolute Gasteiger partial charge is 0.0575 e. The van der Waals surface area contributed by atoms with E-state index in [1.165, 1.54) is 16.8 Å². The summed E-state index contributed by atoms with van der Waals surface area (Å²) >= 11 is 3.63. The second-order valence-corrected chi connectivity index (χ2v) is 5.69. The van der Waals surface area contributed by atoms with Crippen molar-refractivity contribution in [1.29, 1.82) is 0 Å². The lowest BCUT2D eigenvalue weighted by Gasteiger charge is -2.13. The highest BCUT2D eigenvalue weighted by molar-refractivity contribution is 9.10. The van der Waals surface area contributed by atoms with Crippen LogP contribution in [0, 0.1) is 13.8 Å². The molecule has 0 aliphatic rings. The van der Waals surface area contributed by atoms with Gasteiger partial charge in [0.1, 0.15) is 0 Å². The van der Waals surface area contributed by atoms with E-state index in [4.69, 9.17) is 0 Å². The molecule has 1 heterocycles. The second kappa shape index (κ2) is 6.24. The largest absolute Gasteiger partial charge is 0.378 e. The highest BCUT2D eigenvalue weighted by Crippen LogP contribution is 2.28. The number of nitrogens with zero attached hydrogens (tertiary/aromatic N) is 2. The third kappa shape index (κ3) is 3.38. The molecular weight excluding hydrogens is 302 g/mol. The summed E-state index contributed by atoms with van der Waals surface area (Å²) in [5.41, 5.74) is 4.91. The van der Waals surface area contributed by atoms with Gasteiger partial charge >= 0.3 is 0 Å². The van der Waals surface area contributed by atoms with E-state index < -0.39 is 0 Å². The standard InChI is InChI=1S/C15H20BrN3/c1-4-7-19-13(5-6-18-19)10-17-15-12(3)8-11(2)9-14(15)16/h5-6,8-9,17H,4,7,10H2,1-3H3.